The van der Waals surface area contributed by atoms with Crippen molar-refractivity contribution in [3.8, 4) is 5.75 Å². The molecule has 0 heterocycles. The third-order valence-electron chi connectivity index (χ3n) is 3.14. The highest BCUT2D eigenvalue weighted by atomic mass is 79.9. The first-order valence-electron chi connectivity index (χ1n) is 6.41. The molecule has 0 aromatic heterocycles. The van der Waals surface area contributed by atoms with E-state index in [0.717, 1.165) is 15.8 Å². The van der Waals surface area contributed by atoms with E-state index in [9.17, 15) is 0 Å². The van der Waals surface area contributed by atoms with Gasteiger partial charge in [-0.25, -0.2) is 0 Å². The molecule has 20 heavy (non-hydrogen) atoms. The first-order valence-corrected chi connectivity index (χ1v) is 7.74. The number of hydrogen-bond donors (Lipinski definition) is 1. The lowest BCUT2D eigenvalue weighted by molar-refractivity contribution is 0.406. The van der Waals surface area contributed by atoms with Crippen molar-refractivity contribution >= 4 is 27.5 Å². The highest BCUT2D eigenvalue weighted by molar-refractivity contribution is 9.10. The highest BCUT2D eigenvalue weighted by Gasteiger charge is 2.11. The molecule has 0 aliphatic carbocycles. The van der Waals surface area contributed by atoms with Crippen LogP contribution in [0.25, 0.3) is 0 Å². The number of ether oxygens (including phenoxy) is 1. The van der Waals surface area contributed by atoms with Crippen molar-refractivity contribution < 1.29 is 4.74 Å². The summed E-state index contributed by atoms with van der Waals surface area (Å²) < 4.78 is 6.42. The number of alkyl halides is 1. The number of methoxy groups -OCH3 is 1. The maximum atomic E-state index is 6.07. The molecule has 0 spiro atoms. The Morgan fingerprint density at radius 2 is 1.95 bits per heavy atom. The van der Waals surface area contributed by atoms with Gasteiger partial charge in [0.25, 0.3) is 0 Å². The lowest BCUT2D eigenvalue weighted by Crippen LogP contribution is -2.22. The maximum Gasteiger partial charge on any atom is 0.123 e. The molecule has 0 bridgehead atoms. The van der Waals surface area contributed by atoms with E-state index in [1.54, 1.807) is 7.11 Å². The third-order valence-corrected chi connectivity index (χ3v) is 3.94. The summed E-state index contributed by atoms with van der Waals surface area (Å²) in [7, 11) is 1.68. The lowest BCUT2D eigenvalue weighted by atomic mass is 10.1. The molecular formula is C16H17BrClNO. The zero-order chi connectivity index (χ0) is 14.4. The van der Waals surface area contributed by atoms with Crippen LogP contribution in [0.3, 0.4) is 0 Å². The van der Waals surface area contributed by atoms with Crippen LogP contribution in [0, 0.1) is 0 Å². The van der Waals surface area contributed by atoms with Crippen LogP contribution >= 0.6 is 27.5 Å². The minimum absolute atomic E-state index is 0.126. The predicted octanol–water partition coefficient (Wildman–Crippen LogP) is 4.53. The van der Waals surface area contributed by atoms with Gasteiger partial charge in [0.1, 0.15) is 5.75 Å². The molecule has 2 aromatic rings. The zero-order valence-electron chi connectivity index (χ0n) is 11.3. The van der Waals surface area contributed by atoms with Gasteiger partial charge in [-0.3, -0.25) is 0 Å². The smallest absolute Gasteiger partial charge is 0.123 e. The van der Waals surface area contributed by atoms with E-state index in [1.165, 1.54) is 5.56 Å². The molecule has 0 fully saturated rings. The van der Waals surface area contributed by atoms with E-state index in [-0.39, 0.29) is 6.04 Å². The van der Waals surface area contributed by atoms with Crippen molar-refractivity contribution in [2.45, 2.75) is 12.6 Å². The van der Waals surface area contributed by atoms with Gasteiger partial charge < -0.3 is 10.1 Å². The van der Waals surface area contributed by atoms with Crippen molar-refractivity contribution in [2.75, 3.05) is 13.0 Å². The van der Waals surface area contributed by atoms with Crippen molar-refractivity contribution in [3.05, 3.63) is 64.1 Å². The zero-order valence-corrected chi connectivity index (χ0v) is 13.6. The fraction of sp³-hybridized carbons (Fsp3) is 0.250. The number of hydrogen-bond acceptors (Lipinski definition) is 2. The molecule has 0 aliphatic rings. The van der Waals surface area contributed by atoms with Gasteiger partial charge in [-0.2, -0.15) is 0 Å². The third kappa shape index (κ3) is 3.98. The minimum Gasteiger partial charge on any atom is -0.496 e. The van der Waals surface area contributed by atoms with Crippen LogP contribution in [0.2, 0.25) is 0 Å². The Labute approximate surface area is 133 Å². The van der Waals surface area contributed by atoms with Gasteiger partial charge in [0.2, 0.25) is 0 Å². The second-order valence-corrected chi connectivity index (χ2v) is 5.68. The van der Waals surface area contributed by atoms with Gasteiger partial charge in [-0.1, -0.05) is 46.3 Å². The predicted molar refractivity (Wildman–Crippen MR) is 87.4 cm³/mol. The second-order valence-electron chi connectivity index (χ2n) is 4.45. The Balaban J connectivity index is 2.09. The normalized spacial score (nSPS) is 12.2. The van der Waals surface area contributed by atoms with Crippen molar-refractivity contribution in [1.29, 1.82) is 0 Å². The van der Waals surface area contributed by atoms with Crippen LogP contribution in [0.15, 0.2) is 53.0 Å². The molecule has 1 unspecified atom stereocenters. The van der Waals surface area contributed by atoms with E-state index >= 15 is 0 Å². The molecule has 1 atom stereocenters. The Morgan fingerprint density at radius 3 is 2.60 bits per heavy atom. The standard InChI is InChI=1S/C16H17BrClNO/c1-20-16-8-7-14(17)9-13(16)11-19-15(10-18)12-5-3-2-4-6-12/h2-9,15,19H,10-11H2,1H3. The van der Waals surface area contributed by atoms with Gasteiger partial charge in [0.15, 0.2) is 0 Å². The molecule has 2 rings (SSSR count). The number of rotatable bonds is 6. The summed E-state index contributed by atoms with van der Waals surface area (Å²) in [4.78, 5) is 0. The largest absolute Gasteiger partial charge is 0.496 e. The molecule has 1 N–H and O–H groups in total. The topological polar surface area (TPSA) is 21.3 Å². The van der Waals surface area contributed by atoms with Crippen LogP contribution in [0.5, 0.6) is 5.75 Å². The summed E-state index contributed by atoms with van der Waals surface area (Å²) in [5, 5.41) is 3.47. The number of benzene rings is 2. The monoisotopic (exact) mass is 353 g/mol. The molecule has 0 saturated carbocycles. The minimum atomic E-state index is 0.126. The highest BCUT2D eigenvalue weighted by Crippen LogP contribution is 2.24. The Hall–Kier alpha value is -1.03. The first-order chi connectivity index (χ1) is 9.74. The van der Waals surface area contributed by atoms with Gasteiger partial charge >= 0.3 is 0 Å². The first kappa shape index (κ1) is 15.4. The Morgan fingerprint density at radius 1 is 1.20 bits per heavy atom. The van der Waals surface area contributed by atoms with Crippen LogP contribution in [-0.4, -0.2) is 13.0 Å². The molecular weight excluding hydrogens is 338 g/mol. The van der Waals surface area contributed by atoms with Crippen LogP contribution < -0.4 is 10.1 Å². The van der Waals surface area contributed by atoms with Crippen molar-refractivity contribution in [1.82, 2.24) is 5.32 Å². The SMILES string of the molecule is COc1ccc(Br)cc1CNC(CCl)c1ccccc1. The molecule has 0 amide bonds. The van der Waals surface area contributed by atoms with Gasteiger partial charge in [-0.05, 0) is 23.8 Å². The van der Waals surface area contributed by atoms with Crippen LogP contribution in [0.4, 0.5) is 0 Å². The molecule has 0 radical (unpaired) electrons. The summed E-state index contributed by atoms with van der Waals surface area (Å²) in [6, 6.07) is 16.3. The van der Waals surface area contributed by atoms with Crippen LogP contribution in [0.1, 0.15) is 17.2 Å². The fourth-order valence-electron chi connectivity index (χ4n) is 2.07. The lowest BCUT2D eigenvalue weighted by Gasteiger charge is -2.18. The number of halogens is 2. The molecule has 2 nitrogen and oxygen atoms in total. The molecule has 0 aliphatic heterocycles. The summed E-state index contributed by atoms with van der Waals surface area (Å²) >= 11 is 9.56. The quantitative estimate of drug-likeness (QED) is 0.770. The van der Waals surface area contributed by atoms with Crippen LogP contribution in [-0.2, 0) is 6.54 Å². The summed E-state index contributed by atoms with van der Waals surface area (Å²) in [5.41, 5.74) is 2.30. The van der Waals surface area contributed by atoms with Gasteiger partial charge in [0, 0.05) is 28.5 Å². The van der Waals surface area contributed by atoms with Gasteiger partial charge in [-0.15, -0.1) is 11.6 Å². The molecule has 2 aromatic carbocycles. The summed E-state index contributed by atoms with van der Waals surface area (Å²) in [6.07, 6.45) is 0. The summed E-state index contributed by atoms with van der Waals surface area (Å²) in [5.74, 6) is 1.41. The van der Waals surface area contributed by atoms with Gasteiger partial charge in [0.05, 0.1) is 7.11 Å². The Kier molecular flexibility index (Phi) is 5.89. The van der Waals surface area contributed by atoms with Crippen molar-refractivity contribution in [3.63, 3.8) is 0 Å². The van der Waals surface area contributed by atoms with E-state index < -0.39 is 0 Å². The van der Waals surface area contributed by atoms with E-state index in [2.05, 4.69) is 39.4 Å². The van der Waals surface area contributed by atoms with E-state index in [1.807, 2.05) is 30.3 Å². The molecule has 0 saturated heterocycles. The Bertz CT molecular complexity index is 547. The maximum absolute atomic E-state index is 6.07. The molecule has 4 heteroatoms. The second kappa shape index (κ2) is 7.67. The van der Waals surface area contributed by atoms with E-state index in [4.69, 9.17) is 16.3 Å². The van der Waals surface area contributed by atoms with Crippen molar-refractivity contribution in [2.24, 2.45) is 0 Å². The molecule has 106 valence electrons. The average Bonchev–Trinajstić information content (AvgIpc) is 2.49. The van der Waals surface area contributed by atoms with E-state index in [0.29, 0.717) is 12.4 Å². The average molecular weight is 355 g/mol. The fourth-order valence-corrected chi connectivity index (χ4v) is 2.76. The summed E-state index contributed by atoms with van der Waals surface area (Å²) in [6.45, 7) is 0.703. The number of nitrogens with one attached hydrogen (secondary N) is 1.